The highest BCUT2D eigenvalue weighted by atomic mass is 32.2. The van der Waals surface area contributed by atoms with Gasteiger partial charge in [0.1, 0.15) is 0 Å². The van der Waals surface area contributed by atoms with Crippen LogP contribution in [0.1, 0.15) is 28.5 Å². The second-order valence-corrected chi connectivity index (χ2v) is 8.93. The summed E-state index contributed by atoms with van der Waals surface area (Å²) in [4.78, 5) is 17.1. The van der Waals surface area contributed by atoms with Crippen molar-refractivity contribution in [3.05, 3.63) is 47.7 Å². The molecule has 1 aliphatic heterocycles. The topological polar surface area (TPSA) is 91.2 Å². The van der Waals surface area contributed by atoms with Gasteiger partial charge in [0.15, 0.2) is 15.5 Å². The van der Waals surface area contributed by atoms with E-state index in [0.29, 0.717) is 34.4 Å². The summed E-state index contributed by atoms with van der Waals surface area (Å²) in [5.41, 5.74) is 2.99. The van der Waals surface area contributed by atoms with Crippen LogP contribution in [-0.4, -0.2) is 47.8 Å². The van der Waals surface area contributed by atoms with Crippen molar-refractivity contribution in [3.63, 3.8) is 0 Å². The zero-order valence-corrected chi connectivity index (χ0v) is 15.9. The van der Waals surface area contributed by atoms with E-state index in [-0.39, 0.29) is 17.5 Å². The lowest BCUT2D eigenvalue weighted by atomic mass is 10.1. The van der Waals surface area contributed by atoms with Gasteiger partial charge in [-0.05, 0) is 19.4 Å². The van der Waals surface area contributed by atoms with Crippen molar-refractivity contribution >= 4 is 26.8 Å². The first-order valence-corrected chi connectivity index (χ1v) is 10.5. The normalized spacial score (nSPS) is 18.7. The highest BCUT2D eigenvalue weighted by molar-refractivity contribution is 7.91. The van der Waals surface area contributed by atoms with Gasteiger partial charge in [-0.1, -0.05) is 30.3 Å². The fourth-order valence-corrected chi connectivity index (χ4v) is 5.26. The molecule has 2 aromatic heterocycles. The van der Waals surface area contributed by atoms with Crippen molar-refractivity contribution in [3.8, 4) is 11.3 Å². The molecular weight excluding hydrogens is 366 g/mol. The summed E-state index contributed by atoms with van der Waals surface area (Å²) in [5, 5.41) is 5.13. The van der Waals surface area contributed by atoms with Gasteiger partial charge < -0.3 is 4.74 Å². The van der Waals surface area contributed by atoms with Gasteiger partial charge in [0.05, 0.1) is 47.0 Å². The third-order valence-corrected chi connectivity index (χ3v) is 6.62. The largest absolute Gasteiger partial charge is 0.465 e. The molecular formula is C19H19N3O4S. The number of rotatable bonds is 3. The number of aryl methyl sites for hydroxylation is 1. The Kier molecular flexibility index (Phi) is 4.22. The molecule has 0 unspecified atom stereocenters. The van der Waals surface area contributed by atoms with E-state index < -0.39 is 15.8 Å². The highest BCUT2D eigenvalue weighted by Crippen LogP contribution is 2.32. The van der Waals surface area contributed by atoms with Gasteiger partial charge in [0, 0.05) is 5.56 Å². The third-order valence-electron chi connectivity index (χ3n) is 4.87. The Labute approximate surface area is 156 Å². The van der Waals surface area contributed by atoms with E-state index in [4.69, 9.17) is 9.72 Å². The van der Waals surface area contributed by atoms with E-state index >= 15 is 0 Å². The zero-order valence-electron chi connectivity index (χ0n) is 15.0. The summed E-state index contributed by atoms with van der Waals surface area (Å²) in [6.07, 6.45) is 0.489. The first-order valence-electron chi connectivity index (χ1n) is 8.63. The van der Waals surface area contributed by atoms with Crippen LogP contribution in [0.3, 0.4) is 0 Å². The number of hydrogen-bond acceptors (Lipinski definition) is 6. The van der Waals surface area contributed by atoms with Crippen LogP contribution in [0, 0.1) is 6.92 Å². The maximum atomic E-state index is 12.4. The number of sulfone groups is 1. The molecule has 1 saturated heterocycles. The van der Waals surface area contributed by atoms with E-state index in [1.165, 1.54) is 7.11 Å². The Bertz CT molecular complexity index is 1140. The van der Waals surface area contributed by atoms with Crippen molar-refractivity contribution in [2.75, 3.05) is 18.6 Å². The molecule has 0 saturated carbocycles. The fraction of sp³-hybridized carbons (Fsp3) is 0.316. The molecule has 0 radical (unpaired) electrons. The third kappa shape index (κ3) is 3.10. The Morgan fingerprint density at radius 1 is 1.26 bits per heavy atom. The second kappa shape index (κ2) is 6.45. The van der Waals surface area contributed by atoms with Crippen molar-refractivity contribution in [1.82, 2.24) is 14.8 Å². The molecule has 3 heterocycles. The van der Waals surface area contributed by atoms with Crippen molar-refractivity contribution in [2.45, 2.75) is 19.4 Å². The van der Waals surface area contributed by atoms with Crippen molar-refractivity contribution in [1.29, 1.82) is 0 Å². The maximum absolute atomic E-state index is 12.4. The van der Waals surface area contributed by atoms with Gasteiger partial charge in [0.2, 0.25) is 0 Å². The van der Waals surface area contributed by atoms with Gasteiger partial charge in [-0.2, -0.15) is 5.10 Å². The Balaban J connectivity index is 1.98. The van der Waals surface area contributed by atoms with Crippen LogP contribution in [0.15, 0.2) is 36.4 Å². The van der Waals surface area contributed by atoms with Gasteiger partial charge in [-0.15, -0.1) is 0 Å². The van der Waals surface area contributed by atoms with Gasteiger partial charge in [0.25, 0.3) is 0 Å². The molecule has 4 rings (SSSR count). The Hall–Kier alpha value is -2.74. The van der Waals surface area contributed by atoms with E-state index in [1.807, 2.05) is 30.3 Å². The quantitative estimate of drug-likeness (QED) is 0.644. The molecule has 1 atom stereocenters. The molecule has 0 amide bonds. The molecule has 8 heteroatoms. The summed E-state index contributed by atoms with van der Waals surface area (Å²) in [5.74, 6) is -0.296. The standard InChI is InChI=1S/C19H19N3O4S/c1-12-17-15(19(23)26-2)10-16(13-6-4-3-5-7-13)20-18(17)22(21-12)14-8-9-27(24,25)11-14/h3-7,10,14H,8-9,11H2,1-2H3/t14-/m0/s1. The SMILES string of the molecule is COC(=O)c1cc(-c2ccccc2)nc2c1c(C)nn2[C@H]1CCS(=O)(=O)C1. The lowest BCUT2D eigenvalue weighted by molar-refractivity contribution is 0.0603. The number of aromatic nitrogens is 3. The van der Waals surface area contributed by atoms with Crippen LogP contribution in [0.2, 0.25) is 0 Å². The van der Waals surface area contributed by atoms with Crippen LogP contribution in [0.25, 0.3) is 22.3 Å². The number of fused-ring (bicyclic) bond motifs is 1. The molecule has 1 aliphatic rings. The summed E-state index contributed by atoms with van der Waals surface area (Å²) < 4.78 is 30.5. The highest BCUT2D eigenvalue weighted by Gasteiger charge is 2.32. The van der Waals surface area contributed by atoms with Crippen molar-refractivity contribution in [2.24, 2.45) is 0 Å². The molecule has 3 aromatic rings. The van der Waals surface area contributed by atoms with Crippen LogP contribution in [0.5, 0.6) is 0 Å². The number of methoxy groups -OCH3 is 1. The summed E-state index contributed by atoms with van der Waals surface area (Å²) >= 11 is 0. The fourth-order valence-electron chi connectivity index (χ4n) is 3.56. The molecule has 0 bridgehead atoms. The number of nitrogens with zero attached hydrogens (tertiary/aromatic N) is 3. The second-order valence-electron chi connectivity index (χ2n) is 6.70. The molecule has 1 aromatic carbocycles. The molecule has 1 fully saturated rings. The number of carbonyl (C=O) groups is 1. The van der Waals surface area contributed by atoms with Gasteiger partial charge in [-0.25, -0.2) is 22.9 Å². The summed E-state index contributed by atoms with van der Waals surface area (Å²) in [7, 11) is -1.74. The van der Waals surface area contributed by atoms with Crippen LogP contribution >= 0.6 is 0 Å². The number of esters is 1. The number of benzene rings is 1. The first kappa shape index (κ1) is 17.7. The number of pyridine rings is 1. The summed E-state index contributed by atoms with van der Waals surface area (Å²) in [6, 6.07) is 10.9. The molecule has 0 aliphatic carbocycles. The average molecular weight is 385 g/mol. The Morgan fingerprint density at radius 2 is 2.00 bits per heavy atom. The van der Waals surface area contributed by atoms with Gasteiger partial charge >= 0.3 is 5.97 Å². The Morgan fingerprint density at radius 3 is 2.63 bits per heavy atom. The number of hydrogen-bond donors (Lipinski definition) is 0. The smallest absolute Gasteiger partial charge is 0.338 e. The van der Waals surface area contributed by atoms with Crippen LogP contribution < -0.4 is 0 Å². The van der Waals surface area contributed by atoms with E-state index in [9.17, 15) is 13.2 Å². The van der Waals surface area contributed by atoms with E-state index in [0.717, 1.165) is 5.56 Å². The van der Waals surface area contributed by atoms with Gasteiger partial charge in [-0.3, -0.25) is 0 Å². The predicted octanol–water partition coefficient (Wildman–Crippen LogP) is 2.55. The number of carbonyl (C=O) groups excluding carboxylic acids is 1. The minimum atomic E-state index is -3.08. The first-order chi connectivity index (χ1) is 12.9. The summed E-state index contributed by atoms with van der Waals surface area (Å²) in [6.45, 7) is 1.79. The maximum Gasteiger partial charge on any atom is 0.338 e. The molecule has 27 heavy (non-hydrogen) atoms. The van der Waals surface area contributed by atoms with E-state index in [1.54, 1.807) is 17.7 Å². The van der Waals surface area contributed by atoms with Crippen LogP contribution in [0.4, 0.5) is 0 Å². The molecule has 0 spiro atoms. The zero-order chi connectivity index (χ0) is 19.2. The lowest BCUT2D eigenvalue weighted by Crippen LogP contribution is -2.13. The van der Waals surface area contributed by atoms with Crippen LogP contribution in [-0.2, 0) is 14.6 Å². The monoisotopic (exact) mass is 385 g/mol. The van der Waals surface area contributed by atoms with E-state index in [2.05, 4.69) is 5.10 Å². The molecule has 0 N–H and O–H groups in total. The minimum absolute atomic E-state index is 0.0357. The average Bonchev–Trinajstić information content (AvgIpc) is 3.20. The molecule has 140 valence electrons. The van der Waals surface area contributed by atoms with Crippen molar-refractivity contribution < 1.29 is 17.9 Å². The predicted molar refractivity (Wildman–Crippen MR) is 101 cm³/mol. The number of ether oxygens (including phenoxy) is 1. The minimum Gasteiger partial charge on any atom is -0.465 e. The molecule has 7 nitrogen and oxygen atoms in total. The lowest BCUT2D eigenvalue weighted by Gasteiger charge is -2.11.